The predicted molar refractivity (Wildman–Crippen MR) is 73.9 cm³/mol. The lowest BCUT2D eigenvalue weighted by molar-refractivity contribution is -0.121. The highest BCUT2D eigenvalue weighted by molar-refractivity contribution is 7.80. The van der Waals surface area contributed by atoms with Crippen LogP contribution in [0.2, 0.25) is 5.02 Å². The smallest absolute Gasteiger partial charge is 0.238 e. The SMILES string of the molecule is CCCC(=O)NNC(=S)Nc1ccccc1Cl. The van der Waals surface area contributed by atoms with Crippen molar-refractivity contribution < 1.29 is 4.79 Å². The quantitative estimate of drug-likeness (QED) is 0.584. The summed E-state index contributed by atoms with van der Waals surface area (Å²) in [5, 5.41) is 3.74. The number of hydrazine groups is 1. The molecule has 0 atom stereocenters. The van der Waals surface area contributed by atoms with Crippen molar-refractivity contribution in [1.82, 2.24) is 10.9 Å². The molecule has 0 fully saturated rings. The van der Waals surface area contributed by atoms with Crippen molar-refractivity contribution in [2.24, 2.45) is 0 Å². The van der Waals surface area contributed by atoms with Crippen LogP contribution in [0.15, 0.2) is 24.3 Å². The number of carbonyl (C=O) groups is 1. The van der Waals surface area contributed by atoms with Gasteiger partial charge < -0.3 is 5.32 Å². The fourth-order valence-electron chi connectivity index (χ4n) is 1.13. The van der Waals surface area contributed by atoms with Crippen LogP contribution in [0.3, 0.4) is 0 Å². The standard InChI is InChI=1S/C11H14ClN3OS/c1-2-5-10(16)14-15-11(17)13-9-7-4-3-6-8(9)12/h3-4,6-7H,2,5H2,1H3,(H,14,16)(H2,13,15,17). The highest BCUT2D eigenvalue weighted by Gasteiger charge is 2.02. The zero-order valence-corrected chi connectivity index (χ0v) is 11.0. The topological polar surface area (TPSA) is 53.2 Å². The summed E-state index contributed by atoms with van der Waals surface area (Å²) in [5.41, 5.74) is 5.78. The van der Waals surface area contributed by atoms with Gasteiger partial charge in [-0.2, -0.15) is 0 Å². The van der Waals surface area contributed by atoms with Gasteiger partial charge in [0.1, 0.15) is 0 Å². The number of anilines is 1. The minimum atomic E-state index is -0.101. The van der Waals surface area contributed by atoms with E-state index in [9.17, 15) is 4.79 Å². The number of nitrogens with one attached hydrogen (secondary N) is 3. The van der Waals surface area contributed by atoms with Gasteiger partial charge in [0.15, 0.2) is 5.11 Å². The normalized spacial score (nSPS) is 9.53. The third-order valence-electron chi connectivity index (χ3n) is 1.91. The first kappa shape index (κ1) is 13.7. The summed E-state index contributed by atoms with van der Waals surface area (Å²) in [5.74, 6) is -0.101. The molecule has 0 aliphatic carbocycles. The Morgan fingerprint density at radius 1 is 1.35 bits per heavy atom. The average Bonchev–Trinajstić information content (AvgIpc) is 2.30. The molecule has 1 amide bonds. The van der Waals surface area contributed by atoms with E-state index < -0.39 is 0 Å². The molecule has 3 N–H and O–H groups in total. The molecule has 0 heterocycles. The van der Waals surface area contributed by atoms with Gasteiger partial charge in [0, 0.05) is 6.42 Å². The number of hydrogen-bond donors (Lipinski definition) is 3. The van der Waals surface area contributed by atoms with E-state index in [1.54, 1.807) is 12.1 Å². The molecule has 0 aliphatic heterocycles. The molecule has 0 unspecified atom stereocenters. The highest BCUT2D eigenvalue weighted by atomic mass is 35.5. The molecule has 4 nitrogen and oxygen atoms in total. The summed E-state index contributed by atoms with van der Waals surface area (Å²) < 4.78 is 0. The summed E-state index contributed by atoms with van der Waals surface area (Å²) in [7, 11) is 0. The lowest BCUT2D eigenvalue weighted by Gasteiger charge is -2.12. The van der Waals surface area contributed by atoms with Crippen LogP contribution in [0.4, 0.5) is 5.69 Å². The molecule has 0 saturated heterocycles. The number of benzene rings is 1. The first-order valence-corrected chi connectivity index (χ1v) is 6.02. The fourth-order valence-corrected chi connectivity index (χ4v) is 1.48. The summed E-state index contributed by atoms with van der Waals surface area (Å²) >= 11 is 10.9. The zero-order chi connectivity index (χ0) is 12.7. The van der Waals surface area contributed by atoms with E-state index in [0.29, 0.717) is 22.2 Å². The van der Waals surface area contributed by atoms with Crippen molar-refractivity contribution in [3.8, 4) is 0 Å². The third-order valence-corrected chi connectivity index (χ3v) is 2.45. The molecule has 0 aliphatic rings. The van der Waals surface area contributed by atoms with Crippen LogP contribution < -0.4 is 16.2 Å². The van der Waals surface area contributed by atoms with Crippen LogP contribution >= 0.6 is 23.8 Å². The predicted octanol–water partition coefficient (Wildman–Crippen LogP) is 2.46. The Morgan fingerprint density at radius 2 is 2.06 bits per heavy atom. The maximum absolute atomic E-state index is 11.2. The maximum Gasteiger partial charge on any atom is 0.238 e. The molecule has 1 rings (SSSR count). The summed E-state index contributed by atoms with van der Waals surface area (Å²) in [6.45, 7) is 1.93. The number of halogens is 1. The molecule has 1 aromatic rings. The first-order chi connectivity index (χ1) is 8.13. The summed E-state index contributed by atoms with van der Waals surface area (Å²) in [6, 6.07) is 7.21. The van der Waals surface area contributed by atoms with E-state index in [2.05, 4.69) is 16.2 Å². The Bertz CT molecular complexity index is 411. The Balaban J connectivity index is 2.40. The molecule has 0 saturated carbocycles. The second-order valence-corrected chi connectivity index (χ2v) is 4.17. The largest absolute Gasteiger partial charge is 0.330 e. The molecule has 0 bridgehead atoms. The lowest BCUT2D eigenvalue weighted by atomic mass is 10.3. The van der Waals surface area contributed by atoms with Gasteiger partial charge in [0.25, 0.3) is 0 Å². The van der Waals surface area contributed by atoms with Gasteiger partial charge >= 0.3 is 0 Å². The number of para-hydroxylation sites is 1. The first-order valence-electron chi connectivity index (χ1n) is 5.24. The Kier molecular flexibility index (Phi) is 5.72. The van der Waals surface area contributed by atoms with Gasteiger partial charge in [-0.15, -0.1) is 0 Å². The van der Waals surface area contributed by atoms with Crippen molar-refractivity contribution in [3.05, 3.63) is 29.3 Å². The van der Waals surface area contributed by atoms with Gasteiger partial charge in [0.2, 0.25) is 5.91 Å². The van der Waals surface area contributed by atoms with Crippen molar-refractivity contribution in [2.75, 3.05) is 5.32 Å². The van der Waals surface area contributed by atoms with E-state index in [-0.39, 0.29) is 5.91 Å². The van der Waals surface area contributed by atoms with Crippen LogP contribution in [-0.4, -0.2) is 11.0 Å². The van der Waals surface area contributed by atoms with Crippen LogP contribution in [0.25, 0.3) is 0 Å². The molecular formula is C11H14ClN3OS. The van der Waals surface area contributed by atoms with E-state index in [1.165, 1.54) is 0 Å². The third kappa shape index (κ3) is 5.01. The lowest BCUT2D eigenvalue weighted by Crippen LogP contribution is -2.43. The minimum Gasteiger partial charge on any atom is -0.330 e. The molecule has 6 heteroatoms. The number of carbonyl (C=O) groups excluding carboxylic acids is 1. The molecule has 92 valence electrons. The molecule has 17 heavy (non-hydrogen) atoms. The van der Waals surface area contributed by atoms with Gasteiger partial charge in [-0.25, -0.2) is 0 Å². The van der Waals surface area contributed by atoms with Crippen LogP contribution in [0.1, 0.15) is 19.8 Å². The van der Waals surface area contributed by atoms with Gasteiger partial charge in [-0.3, -0.25) is 15.6 Å². The van der Waals surface area contributed by atoms with Crippen LogP contribution in [-0.2, 0) is 4.79 Å². The van der Waals surface area contributed by atoms with Crippen molar-refractivity contribution in [3.63, 3.8) is 0 Å². The second kappa shape index (κ2) is 7.09. The van der Waals surface area contributed by atoms with Gasteiger partial charge in [-0.1, -0.05) is 30.7 Å². The van der Waals surface area contributed by atoms with E-state index in [1.807, 2.05) is 19.1 Å². The number of thiocarbonyl (C=S) groups is 1. The number of hydrogen-bond acceptors (Lipinski definition) is 2. The average molecular weight is 272 g/mol. The second-order valence-electron chi connectivity index (χ2n) is 3.36. The molecule has 0 radical (unpaired) electrons. The van der Waals surface area contributed by atoms with Crippen molar-refractivity contribution in [1.29, 1.82) is 0 Å². The summed E-state index contributed by atoms with van der Waals surface area (Å²) in [6.07, 6.45) is 1.25. The van der Waals surface area contributed by atoms with Crippen molar-refractivity contribution in [2.45, 2.75) is 19.8 Å². The monoisotopic (exact) mass is 271 g/mol. The van der Waals surface area contributed by atoms with E-state index >= 15 is 0 Å². The fraction of sp³-hybridized carbons (Fsp3) is 0.273. The molecule has 1 aromatic carbocycles. The maximum atomic E-state index is 11.2. The Labute approximate surface area is 111 Å². The Morgan fingerprint density at radius 3 is 2.71 bits per heavy atom. The van der Waals surface area contributed by atoms with E-state index in [4.69, 9.17) is 23.8 Å². The molecular weight excluding hydrogens is 258 g/mol. The highest BCUT2D eigenvalue weighted by Crippen LogP contribution is 2.19. The number of amides is 1. The Hall–Kier alpha value is -1.33. The zero-order valence-electron chi connectivity index (χ0n) is 9.42. The van der Waals surface area contributed by atoms with Crippen molar-refractivity contribution >= 4 is 40.5 Å². The minimum absolute atomic E-state index is 0.101. The number of rotatable bonds is 3. The van der Waals surface area contributed by atoms with E-state index in [0.717, 1.165) is 6.42 Å². The molecule has 0 spiro atoms. The van der Waals surface area contributed by atoms with Gasteiger partial charge in [-0.05, 0) is 30.8 Å². The van der Waals surface area contributed by atoms with Crippen LogP contribution in [0.5, 0.6) is 0 Å². The van der Waals surface area contributed by atoms with Crippen LogP contribution in [0, 0.1) is 0 Å². The van der Waals surface area contributed by atoms with Gasteiger partial charge in [0.05, 0.1) is 10.7 Å². The summed E-state index contributed by atoms with van der Waals surface area (Å²) in [4.78, 5) is 11.2. The molecule has 0 aromatic heterocycles.